The van der Waals surface area contributed by atoms with Crippen molar-refractivity contribution in [3.8, 4) is 0 Å². The lowest BCUT2D eigenvalue weighted by Gasteiger charge is -2.35. The zero-order chi connectivity index (χ0) is 18.2. The number of halogens is 1. The van der Waals surface area contributed by atoms with Crippen molar-refractivity contribution in [2.45, 2.75) is 26.2 Å². The van der Waals surface area contributed by atoms with Gasteiger partial charge in [0, 0.05) is 52.5 Å². The highest BCUT2D eigenvalue weighted by Crippen LogP contribution is 2.10. The first kappa shape index (κ1) is 18.9. The Balaban J connectivity index is 1.71. The Hall–Kier alpha value is -2.44. The normalized spacial score (nSPS) is 14.3. The van der Waals surface area contributed by atoms with Crippen molar-refractivity contribution in [3.63, 3.8) is 0 Å². The highest BCUT2D eigenvalue weighted by atomic mass is 19.1. The SMILES string of the molecule is CC(=O)NCCC(=O)N1CCN(C(=O)CCc2cccc(F)c2)CC1. The third kappa shape index (κ3) is 6.17. The molecule has 0 bridgehead atoms. The Morgan fingerprint density at radius 1 is 1.04 bits per heavy atom. The lowest BCUT2D eigenvalue weighted by Crippen LogP contribution is -2.51. The van der Waals surface area contributed by atoms with Crippen molar-refractivity contribution in [2.75, 3.05) is 32.7 Å². The van der Waals surface area contributed by atoms with Crippen molar-refractivity contribution in [1.82, 2.24) is 15.1 Å². The predicted molar refractivity (Wildman–Crippen MR) is 91.2 cm³/mol. The van der Waals surface area contributed by atoms with Crippen molar-refractivity contribution in [1.29, 1.82) is 0 Å². The maximum atomic E-state index is 13.1. The molecule has 6 nitrogen and oxygen atoms in total. The summed E-state index contributed by atoms with van der Waals surface area (Å²) in [6.45, 7) is 3.77. The molecule has 1 fully saturated rings. The molecule has 1 aliphatic rings. The van der Waals surface area contributed by atoms with Gasteiger partial charge in [0.15, 0.2) is 0 Å². The van der Waals surface area contributed by atoms with Crippen LogP contribution >= 0.6 is 0 Å². The molecular formula is C18H24FN3O3. The Kier molecular flexibility index (Phi) is 6.91. The molecule has 3 amide bonds. The minimum absolute atomic E-state index is 0.0133. The summed E-state index contributed by atoms with van der Waals surface area (Å²) in [5.41, 5.74) is 0.806. The summed E-state index contributed by atoms with van der Waals surface area (Å²) in [5.74, 6) is -0.437. The molecule has 0 aliphatic carbocycles. The van der Waals surface area contributed by atoms with E-state index >= 15 is 0 Å². The van der Waals surface area contributed by atoms with Crippen LogP contribution in [0, 0.1) is 5.82 Å². The molecule has 136 valence electrons. The summed E-state index contributed by atoms with van der Waals surface area (Å²) in [6, 6.07) is 6.27. The van der Waals surface area contributed by atoms with Gasteiger partial charge in [0.1, 0.15) is 5.82 Å². The molecule has 0 atom stereocenters. The number of aryl methyl sites for hydroxylation is 1. The number of carbonyl (C=O) groups excluding carboxylic acids is 3. The summed E-state index contributed by atoms with van der Waals surface area (Å²) < 4.78 is 13.1. The van der Waals surface area contributed by atoms with E-state index in [1.165, 1.54) is 19.1 Å². The number of piperazine rings is 1. The molecule has 0 spiro atoms. The van der Waals surface area contributed by atoms with E-state index in [1.54, 1.807) is 15.9 Å². The molecular weight excluding hydrogens is 325 g/mol. The van der Waals surface area contributed by atoms with Gasteiger partial charge < -0.3 is 15.1 Å². The highest BCUT2D eigenvalue weighted by Gasteiger charge is 2.23. The number of nitrogens with zero attached hydrogens (tertiary/aromatic N) is 2. The minimum atomic E-state index is -0.295. The smallest absolute Gasteiger partial charge is 0.224 e. The standard InChI is InChI=1S/C18H24FN3O3/c1-14(23)20-8-7-18(25)22-11-9-21(10-12-22)17(24)6-5-15-3-2-4-16(19)13-15/h2-4,13H,5-12H2,1H3,(H,20,23). The quantitative estimate of drug-likeness (QED) is 0.832. The third-order valence-electron chi connectivity index (χ3n) is 4.21. The number of hydrogen-bond acceptors (Lipinski definition) is 3. The van der Waals surface area contributed by atoms with Crippen LogP contribution in [0.1, 0.15) is 25.3 Å². The highest BCUT2D eigenvalue weighted by molar-refractivity contribution is 5.79. The summed E-state index contributed by atoms with van der Waals surface area (Å²) >= 11 is 0. The number of amides is 3. The van der Waals surface area contributed by atoms with Crippen LogP contribution < -0.4 is 5.32 Å². The summed E-state index contributed by atoms with van der Waals surface area (Å²) in [4.78, 5) is 38.6. The largest absolute Gasteiger partial charge is 0.356 e. The van der Waals surface area contributed by atoms with Gasteiger partial charge in [-0.2, -0.15) is 0 Å². The molecule has 0 unspecified atom stereocenters. The molecule has 7 heteroatoms. The van der Waals surface area contributed by atoms with Gasteiger partial charge in [0.25, 0.3) is 0 Å². The second kappa shape index (κ2) is 9.15. The molecule has 1 heterocycles. The first-order chi connectivity index (χ1) is 12.0. The fourth-order valence-electron chi connectivity index (χ4n) is 2.81. The van der Waals surface area contributed by atoms with Gasteiger partial charge in [-0.15, -0.1) is 0 Å². The number of carbonyl (C=O) groups is 3. The van der Waals surface area contributed by atoms with E-state index in [9.17, 15) is 18.8 Å². The second-order valence-corrected chi connectivity index (χ2v) is 6.12. The molecule has 0 radical (unpaired) electrons. The molecule has 25 heavy (non-hydrogen) atoms. The van der Waals surface area contributed by atoms with Gasteiger partial charge in [0.2, 0.25) is 17.7 Å². The number of benzene rings is 1. The van der Waals surface area contributed by atoms with Crippen molar-refractivity contribution >= 4 is 17.7 Å². The maximum Gasteiger partial charge on any atom is 0.224 e. The van der Waals surface area contributed by atoms with Crippen LogP contribution in [0.3, 0.4) is 0 Å². The van der Waals surface area contributed by atoms with Crippen LogP contribution in [0.2, 0.25) is 0 Å². The summed E-state index contributed by atoms with van der Waals surface area (Å²) in [5, 5.41) is 2.60. The Bertz CT molecular complexity index is 628. The summed E-state index contributed by atoms with van der Waals surface area (Å²) in [7, 11) is 0. The van der Waals surface area contributed by atoms with Gasteiger partial charge >= 0.3 is 0 Å². The van der Waals surface area contributed by atoms with Crippen LogP contribution in [0.5, 0.6) is 0 Å². The Morgan fingerprint density at radius 3 is 2.20 bits per heavy atom. The molecule has 1 aliphatic heterocycles. The minimum Gasteiger partial charge on any atom is -0.356 e. The Labute approximate surface area is 147 Å². The molecule has 2 rings (SSSR count). The number of rotatable bonds is 6. The van der Waals surface area contributed by atoms with Crippen LogP contribution in [0.15, 0.2) is 24.3 Å². The molecule has 1 aromatic rings. The average molecular weight is 349 g/mol. The number of hydrogen-bond donors (Lipinski definition) is 1. The topological polar surface area (TPSA) is 69.7 Å². The zero-order valence-corrected chi connectivity index (χ0v) is 14.5. The van der Waals surface area contributed by atoms with E-state index in [2.05, 4.69) is 5.32 Å². The average Bonchev–Trinajstić information content (AvgIpc) is 2.59. The molecule has 1 aromatic carbocycles. The van der Waals surface area contributed by atoms with E-state index in [0.29, 0.717) is 45.6 Å². The zero-order valence-electron chi connectivity index (χ0n) is 14.5. The number of nitrogens with one attached hydrogen (secondary N) is 1. The fourth-order valence-corrected chi connectivity index (χ4v) is 2.81. The monoisotopic (exact) mass is 349 g/mol. The van der Waals surface area contributed by atoms with Crippen LogP contribution in [0.4, 0.5) is 4.39 Å². The molecule has 0 saturated carbocycles. The van der Waals surface area contributed by atoms with Crippen molar-refractivity contribution < 1.29 is 18.8 Å². The second-order valence-electron chi connectivity index (χ2n) is 6.12. The molecule has 0 aromatic heterocycles. The van der Waals surface area contributed by atoms with Gasteiger partial charge in [-0.05, 0) is 24.1 Å². The summed E-state index contributed by atoms with van der Waals surface area (Å²) in [6.07, 6.45) is 1.11. The first-order valence-electron chi connectivity index (χ1n) is 8.50. The fraction of sp³-hybridized carbons (Fsp3) is 0.500. The van der Waals surface area contributed by atoms with Crippen LogP contribution in [-0.4, -0.2) is 60.2 Å². The maximum absolute atomic E-state index is 13.1. The predicted octanol–water partition coefficient (Wildman–Crippen LogP) is 0.955. The lowest BCUT2D eigenvalue weighted by atomic mass is 10.1. The Morgan fingerprint density at radius 2 is 1.64 bits per heavy atom. The first-order valence-corrected chi connectivity index (χ1v) is 8.50. The van der Waals surface area contributed by atoms with Gasteiger partial charge in [-0.1, -0.05) is 12.1 Å². The van der Waals surface area contributed by atoms with E-state index < -0.39 is 0 Å². The van der Waals surface area contributed by atoms with Crippen LogP contribution in [-0.2, 0) is 20.8 Å². The van der Waals surface area contributed by atoms with E-state index in [0.717, 1.165) is 5.56 Å². The van der Waals surface area contributed by atoms with Crippen molar-refractivity contribution in [2.24, 2.45) is 0 Å². The molecule has 1 N–H and O–H groups in total. The third-order valence-corrected chi connectivity index (χ3v) is 4.21. The van der Waals surface area contributed by atoms with Gasteiger partial charge in [-0.3, -0.25) is 14.4 Å². The van der Waals surface area contributed by atoms with Crippen LogP contribution in [0.25, 0.3) is 0 Å². The van der Waals surface area contributed by atoms with E-state index in [4.69, 9.17) is 0 Å². The molecule has 1 saturated heterocycles. The van der Waals surface area contributed by atoms with E-state index in [-0.39, 0.29) is 30.0 Å². The van der Waals surface area contributed by atoms with Gasteiger partial charge in [0.05, 0.1) is 0 Å². The van der Waals surface area contributed by atoms with Gasteiger partial charge in [-0.25, -0.2) is 4.39 Å². The van der Waals surface area contributed by atoms with Crippen molar-refractivity contribution in [3.05, 3.63) is 35.6 Å². The van der Waals surface area contributed by atoms with E-state index in [1.807, 2.05) is 6.07 Å². The lowest BCUT2D eigenvalue weighted by molar-refractivity contribution is -0.139.